The van der Waals surface area contributed by atoms with Crippen LogP contribution in [0.1, 0.15) is 64.3 Å². The van der Waals surface area contributed by atoms with Crippen molar-refractivity contribution in [2.75, 3.05) is 0 Å². The molecular weight excluding hydrogens is 435 g/mol. The molecule has 0 aliphatic heterocycles. The first-order valence-corrected chi connectivity index (χ1v) is 12.0. The van der Waals surface area contributed by atoms with Crippen molar-refractivity contribution in [3.05, 3.63) is 53.7 Å². The number of hydrogen-bond acceptors (Lipinski definition) is 3. The van der Waals surface area contributed by atoms with Crippen LogP contribution in [0.3, 0.4) is 0 Å². The van der Waals surface area contributed by atoms with E-state index in [1.54, 1.807) is 6.07 Å². The van der Waals surface area contributed by atoms with Gasteiger partial charge in [0.15, 0.2) is 0 Å². The zero-order valence-electron chi connectivity index (χ0n) is 18.7. The van der Waals surface area contributed by atoms with E-state index in [-0.39, 0.29) is 27.8 Å². The Kier molecular flexibility index (Phi) is 6.31. The van der Waals surface area contributed by atoms with Crippen molar-refractivity contribution in [3.8, 4) is 11.1 Å². The third-order valence-corrected chi connectivity index (χ3v) is 7.23. The summed E-state index contributed by atoms with van der Waals surface area (Å²) in [6.45, 7) is 8.87. The minimum absolute atomic E-state index is 0.0618. The van der Waals surface area contributed by atoms with Crippen LogP contribution in [0, 0.1) is 11.2 Å². The molecule has 1 aliphatic rings. The van der Waals surface area contributed by atoms with Crippen LogP contribution in [0.15, 0.2) is 36.7 Å². The number of halogens is 3. The average Bonchev–Trinajstić information content (AvgIpc) is 3.50. The van der Waals surface area contributed by atoms with Crippen LogP contribution in [0.5, 0.6) is 0 Å². The highest BCUT2D eigenvalue weighted by Gasteiger charge is 2.36. The third kappa shape index (κ3) is 4.82. The summed E-state index contributed by atoms with van der Waals surface area (Å²) in [6.07, 6.45) is 2.34. The normalized spacial score (nSPS) is 16.7. The van der Waals surface area contributed by atoms with Gasteiger partial charge in [-0.1, -0.05) is 26.8 Å². The number of alkyl halides is 2. The quantitative estimate of drug-likeness (QED) is 0.418. The Morgan fingerprint density at radius 3 is 2.59 bits per heavy atom. The van der Waals surface area contributed by atoms with Crippen LogP contribution in [0.25, 0.3) is 22.0 Å². The minimum atomic E-state index is -2.81. The van der Waals surface area contributed by atoms with Gasteiger partial charge in [-0.15, -0.1) is 4.72 Å². The summed E-state index contributed by atoms with van der Waals surface area (Å²) in [5, 5.41) is 0.868. The Balaban J connectivity index is 1.84. The van der Waals surface area contributed by atoms with E-state index in [2.05, 4.69) is 30.5 Å². The molecule has 0 bridgehead atoms. The molecule has 3 aromatic rings. The molecule has 1 N–H and O–H groups in total. The van der Waals surface area contributed by atoms with Gasteiger partial charge >= 0.3 is 0 Å². The fraction of sp³-hybridized carbons (Fsp3) is 0.458. The molecule has 4 nitrogen and oxygen atoms in total. The van der Waals surface area contributed by atoms with Gasteiger partial charge in [0.1, 0.15) is 16.8 Å². The number of nitrogens with one attached hydrogen (secondary N) is 1. The summed E-state index contributed by atoms with van der Waals surface area (Å²) in [6, 6.07) is 5.79. The lowest BCUT2D eigenvalue weighted by Gasteiger charge is -2.20. The van der Waals surface area contributed by atoms with Crippen LogP contribution in [0.2, 0.25) is 0 Å². The van der Waals surface area contributed by atoms with Crippen molar-refractivity contribution in [3.63, 3.8) is 0 Å². The van der Waals surface area contributed by atoms with E-state index in [1.807, 2.05) is 17.7 Å². The SMILES string of the molecule is CC(N[S+]([O-])C1CC1)c1cn(CC(C)(C)C)c2cc(-c3cccnc3C(F)F)c(F)cc12. The van der Waals surface area contributed by atoms with E-state index < -0.39 is 29.3 Å². The molecule has 32 heavy (non-hydrogen) atoms. The number of rotatable bonds is 7. The van der Waals surface area contributed by atoms with Crippen molar-refractivity contribution in [1.29, 1.82) is 0 Å². The smallest absolute Gasteiger partial charge is 0.280 e. The summed E-state index contributed by atoms with van der Waals surface area (Å²) in [5.41, 5.74) is 1.28. The van der Waals surface area contributed by atoms with Gasteiger partial charge in [-0.2, -0.15) is 0 Å². The Hall–Kier alpha value is -2.03. The first kappa shape index (κ1) is 23.1. The molecule has 0 spiro atoms. The van der Waals surface area contributed by atoms with Gasteiger partial charge in [0.2, 0.25) is 0 Å². The van der Waals surface area contributed by atoms with E-state index in [0.29, 0.717) is 11.9 Å². The van der Waals surface area contributed by atoms with E-state index in [1.165, 1.54) is 24.4 Å². The maximum Gasteiger partial charge on any atom is 0.280 e. The molecule has 1 saturated carbocycles. The second-order valence-corrected chi connectivity index (χ2v) is 11.2. The van der Waals surface area contributed by atoms with Crippen molar-refractivity contribution >= 4 is 22.3 Å². The predicted octanol–water partition coefficient (Wildman–Crippen LogP) is 6.30. The molecule has 1 fully saturated rings. The fourth-order valence-corrected chi connectivity index (χ4v) is 5.20. The van der Waals surface area contributed by atoms with Crippen LogP contribution in [-0.4, -0.2) is 19.4 Å². The summed E-state index contributed by atoms with van der Waals surface area (Å²) in [7, 11) is 0. The standard InChI is InChI=1S/C24H28F3N3OS/c1-14(29-32(31)15-7-8-15)19-12-30(13-24(2,3)4)21-11-17(20(25)10-18(19)21)16-6-5-9-28-22(16)23(26)27/h5-6,9-12,14-15,23,29H,7-8,13H2,1-4H3. The number of fused-ring (bicyclic) bond motifs is 1. The highest BCUT2D eigenvalue weighted by molar-refractivity contribution is 7.90. The molecule has 2 unspecified atom stereocenters. The van der Waals surface area contributed by atoms with Crippen LogP contribution < -0.4 is 4.72 Å². The largest absolute Gasteiger partial charge is 0.598 e. The topological polar surface area (TPSA) is 52.9 Å². The first-order valence-electron chi connectivity index (χ1n) is 10.8. The highest BCUT2D eigenvalue weighted by Crippen LogP contribution is 2.37. The van der Waals surface area contributed by atoms with Gasteiger partial charge in [0.25, 0.3) is 6.43 Å². The van der Waals surface area contributed by atoms with Gasteiger partial charge in [0.05, 0.1) is 6.04 Å². The van der Waals surface area contributed by atoms with Crippen molar-refractivity contribution in [2.45, 2.75) is 64.8 Å². The van der Waals surface area contributed by atoms with Gasteiger partial charge in [-0.05, 0) is 36.1 Å². The summed E-state index contributed by atoms with van der Waals surface area (Å²) < 4.78 is 59.9. The number of hydrogen-bond donors (Lipinski definition) is 1. The van der Waals surface area contributed by atoms with E-state index >= 15 is 4.39 Å². The first-order chi connectivity index (χ1) is 15.0. The lowest BCUT2D eigenvalue weighted by Crippen LogP contribution is -2.29. The van der Waals surface area contributed by atoms with Crippen LogP contribution in [-0.2, 0) is 17.9 Å². The summed E-state index contributed by atoms with van der Waals surface area (Å²) in [5.74, 6) is -0.585. The average molecular weight is 464 g/mol. The molecule has 2 aromatic heterocycles. The van der Waals surface area contributed by atoms with Crippen molar-refractivity contribution in [1.82, 2.24) is 14.3 Å². The summed E-state index contributed by atoms with van der Waals surface area (Å²) in [4.78, 5) is 3.78. The number of benzene rings is 1. The van der Waals surface area contributed by atoms with Gasteiger partial charge in [-0.25, -0.2) is 13.2 Å². The lowest BCUT2D eigenvalue weighted by atomic mass is 9.96. The fourth-order valence-electron chi connectivity index (χ4n) is 3.97. The lowest BCUT2D eigenvalue weighted by molar-refractivity contribution is 0.147. The number of nitrogens with zero attached hydrogens (tertiary/aromatic N) is 2. The third-order valence-electron chi connectivity index (χ3n) is 5.57. The zero-order valence-corrected chi connectivity index (χ0v) is 19.5. The molecule has 4 rings (SSSR count). The minimum Gasteiger partial charge on any atom is -0.598 e. The highest BCUT2D eigenvalue weighted by atomic mass is 32.2. The molecule has 2 heterocycles. The molecule has 8 heteroatoms. The molecule has 2 atom stereocenters. The number of pyridine rings is 1. The second-order valence-electron chi connectivity index (χ2n) is 9.70. The predicted molar refractivity (Wildman–Crippen MR) is 122 cm³/mol. The van der Waals surface area contributed by atoms with E-state index in [0.717, 1.165) is 23.9 Å². The Morgan fingerprint density at radius 2 is 1.97 bits per heavy atom. The molecular formula is C24H28F3N3OS. The van der Waals surface area contributed by atoms with Crippen molar-refractivity contribution in [2.24, 2.45) is 5.41 Å². The maximum absolute atomic E-state index is 15.3. The van der Waals surface area contributed by atoms with Gasteiger partial charge in [0, 0.05) is 65.2 Å². The van der Waals surface area contributed by atoms with E-state index in [4.69, 9.17) is 0 Å². The number of aromatic nitrogens is 2. The Bertz CT molecular complexity index is 1120. The second kappa shape index (κ2) is 8.72. The molecule has 0 saturated heterocycles. The van der Waals surface area contributed by atoms with Gasteiger partial charge < -0.3 is 9.12 Å². The molecule has 0 radical (unpaired) electrons. The molecule has 1 aliphatic carbocycles. The molecule has 1 aromatic carbocycles. The molecule has 172 valence electrons. The monoisotopic (exact) mass is 463 g/mol. The zero-order chi connectivity index (χ0) is 23.2. The van der Waals surface area contributed by atoms with Crippen LogP contribution in [0.4, 0.5) is 13.2 Å². The summed E-state index contributed by atoms with van der Waals surface area (Å²) >= 11 is -1.14. The maximum atomic E-state index is 15.3. The Labute approximate surface area is 189 Å². The van der Waals surface area contributed by atoms with Crippen LogP contribution >= 0.6 is 0 Å². The Morgan fingerprint density at radius 1 is 1.25 bits per heavy atom. The van der Waals surface area contributed by atoms with E-state index in [9.17, 15) is 13.3 Å². The van der Waals surface area contributed by atoms with Crippen molar-refractivity contribution < 1.29 is 17.7 Å². The molecule has 0 amide bonds. The van der Waals surface area contributed by atoms with Gasteiger partial charge in [-0.3, -0.25) is 4.98 Å².